The second-order valence-electron chi connectivity index (χ2n) is 5.80. The van der Waals surface area contributed by atoms with Crippen LogP contribution in [0, 0.1) is 13.8 Å². The van der Waals surface area contributed by atoms with Gasteiger partial charge >= 0.3 is 0 Å². The van der Waals surface area contributed by atoms with Crippen molar-refractivity contribution >= 4 is 17.4 Å². The fourth-order valence-corrected chi connectivity index (χ4v) is 3.00. The lowest BCUT2D eigenvalue weighted by Gasteiger charge is -2.09. The van der Waals surface area contributed by atoms with Gasteiger partial charge in [-0.1, -0.05) is 53.6 Å². The minimum atomic E-state index is 0.0314. The summed E-state index contributed by atoms with van der Waals surface area (Å²) in [5, 5.41) is 0.700. The maximum Gasteiger partial charge on any atom is 0.176 e. The predicted molar refractivity (Wildman–Crippen MR) is 96.2 cm³/mol. The van der Waals surface area contributed by atoms with E-state index in [9.17, 15) is 4.79 Å². The van der Waals surface area contributed by atoms with Gasteiger partial charge in [0, 0.05) is 28.8 Å². The molecule has 0 saturated heterocycles. The third kappa shape index (κ3) is 2.95. The van der Waals surface area contributed by atoms with Crippen LogP contribution in [-0.2, 0) is 0 Å². The summed E-state index contributed by atoms with van der Waals surface area (Å²) in [7, 11) is 0. The predicted octanol–water partition coefficient (Wildman–Crippen LogP) is 5.82. The fraction of sp³-hybridized carbons (Fsp3) is 0.150. The first-order valence-corrected chi connectivity index (χ1v) is 7.91. The van der Waals surface area contributed by atoms with Crippen LogP contribution in [0.1, 0.15) is 28.7 Å². The molecule has 0 spiro atoms. The molecule has 0 unspecified atom stereocenters. The molecule has 2 nitrogen and oxygen atoms in total. The highest BCUT2D eigenvalue weighted by Crippen LogP contribution is 2.38. The van der Waals surface area contributed by atoms with Gasteiger partial charge in [-0.3, -0.25) is 4.79 Å². The Morgan fingerprint density at radius 1 is 0.870 bits per heavy atom. The summed E-state index contributed by atoms with van der Waals surface area (Å²) >= 11 is 6.01. The molecule has 0 atom stereocenters. The van der Waals surface area contributed by atoms with E-state index >= 15 is 0 Å². The Bertz CT molecular complexity index is 858. The lowest BCUT2D eigenvalue weighted by atomic mass is 9.94. The summed E-state index contributed by atoms with van der Waals surface area (Å²) in [6, 6.07) is 16.0. The number of halogens is 1. The Morgan fingerprint density at radius 3 is 1.96 bits per heavy atom. The zero-order valence-corrected chi connectivity index (χ0v) is 14.2. The van der Waals surface area contributed by atoms with E-state index in [1.54, 1.807) is 6.92 Å². The van der Waals surface area contributed by atoms with Gasteiger partial charge in [0.25, 0.3) is 0 Å². The number of nitrogens with one attached hydrogen (secondary N) is 1. The second kappa shape index (κ2) is 6.05. The zero-order valence-electron chi connectivity index (χ0n) is 13.4. The van der Waals surface area contributed by atoms with Crippen LogP contribution >= 0.6 is 11.6 Å². The van der Waals surface area contributed by atoms with Crippen molar-refractivity contribution in [2.24, 2.45) is 0 Å². The molecular formula is C20H18ClNO. The SMILES string of the molecule is CC(=O)c1[nH]c(C)c(-c2ccc(Cl)cc2)c1-c1ccc(C)cc1. The van der Waals surface area contributed by atoms with Crippen molar-refractivity contribution in [3.05, 3.63) is 70.5 Å². The van der Waals surface area contributed by atoms with Gasteiger partial charge in [-0.2, -0.15) is 0 Å². The number of benzene rings is 2. The third-order valence-corrected chi connectivity index (χ3v) is 4.26. The zero-order chi connectivity index (χ0) is 16.6. The van der Waals surface area contributed by atoms with Crippen LogP contribution in [0.5, 0.6) is 0 Å². The number of carbonyl (C=O) groups excluding carboxylic acids is 1. The largest absolute Gasteiger partial charge is 0.355 e. The second-order valence-corrected chi connectivity index (χ2v) is 6.24. The number of Topliss-reactive ketones (excluding diaryl/α,β-unsaturated/α-hetero) is 1. The van der Waals surface area contributed by atoms with E-state index in [0.717, 1.165) is 27.9 Å². The molecule has 3 rings (SSSR count). The molecule has 23 heavy (non-hydrogen) atoms. The highest BCUT2D eigenvalue weighted by Gasteiger charge is 2.20. The van der Waals surface area contributed by atoms with Crippen molar-refractivity contribution in [3.63, 3.8) is 0 Å². The first-order chi connectivity index (χ1) is 11.0. The normalized spacial score (nSPS) is 10.8. The van der Waals surface area contributed by atoms with Crippen LogP contribution in [-0.4, -0.2) is 10.8 Å². The number of carbonyl (C=O) groups is 1. The van der Waals surface area contributed by atoms with Crippen molar-refractivity contribution in [2.75, 3.05) is 0 Å². The number of hydrogen-bond donors (Lipinski definition) is 1. The van der Waals surface area contributed by atoms with Crippen molar-refractivity contribution in [1.82, 2.24) is 4.98 Å². The van der Waals surface area contributed by atoms with Gasteiger partial charge in [-0.15, -0.1) is 0 Å². The van der Waals surface area contributed by atoms with E-state index in [1.807, 2.05) is 31.2 Å². The summed E-state index contributed by atoms with van der Waals surface area (Å²) in [6.07, 6.45) is 0. The summed E-state index contributed by atoms with van der Waals surface area (Å²) in [4.78, 5) is 15.4. The van der Waals surface area contributed by atoms with Crippen molar-refractivity contribution in [1.29, 1.82) is 0 Å². The number of rotatable bonds is 3. The minimum absolute atomic E-state index is 0.0314. The molecule has 0 amide bonds. The average molecular weight is 324 g/mol. The quantitative estimate of drug-likeness (QED) is 0.605. The highest BCUT2D eigenvalue weighted by atomic mass is 35.5. The Hall–Kier alpha value is -2.32. The molecular weight excluding hydrogens is 306 g/mol. The molecule has 1 N–H and O–H groups in total. The summed E-state index contributed by atoms with van der Waals surface area (Å²) in [6.45, 7) is 5.64. The molecule has 0 aliphatic rings. The van der Waals surface area contributed by atoms with Gasteiger partial charge in [-0.05, 0) is 37.1 Å². The lowest BCUT2D eigenvalue weighted by Crippen LogP contribution is -1.95. The van der Waals surface area contributed by atoms with Gasteiger partial charge in [0.1, 0.15) is 0 Å². The molecule has 1 heterocycles. The van der Waals surface area contributed by atoms with Crippen molar-refractivity contribution in [3.8, 4) is 22.3 Å². The Kier molecular flexibility index (Phi) is 4.10. The van der Waals surface area contributed by atoms with Crippen LogP contribution in [0.2, 0.25) is 5.02 Å². The molecule has 3 heteroatoms. The van der Waals surface area contributed by atoms with Crippen LogP contribution in [0.15, 0.2) is 48.5 Å². The summed E-state index contributed by atoms with van der Waals surface area (Å²) in [5.41, 5.74) is 6.91. The highest BCUT2D eigenvalue weighted by molar-refractivity contribution is 6.30. The van der Waals surface area contributed by atoms with Gasteiger partial charge in [0.05, 0.1) is 5.69 Å². The number of aromatic nitrogens is 1. The van der Waals surface area contributed by atoms with E-state index in [-0.39, 0.29) is 5.78 Å². The van der Waals surface area contributed by atoms with Crippen LogP contribution in [0.4, 0.5) is 0 Å². The average Bonchev–Trinajstić information content (AvgIpc) is 2.87. The Morgan fingerprint density at radius 2 is 1.39 bits per heavy atom. The lowest BCUT2D eigenvalue weighted by molar-refractivity contribution is 0.101. The maximum absolute atomic E-state index is 12.1. The smallest absolute Gasteiger partial charge is 0.176 e. The van der Waals surface area contributed by atoms with E-state index in [4.69, 9.17) is 11.6 Å². The number of aromatic amines is 1. The number of ketones is 1. The topological polar surface area (TPSA) is 32.9 Å². The molecule has 0 aliphatic heterocycles. The van der Waals surface area contributed by atoms with E-state index in [1.165, 1.54) is 5.56 Å². The van der Waals surface area contributed by atoms with Crippen LogP contribution in [0.3, 0.4) is 0 Å². The van der Waals surface area contributed by atoms with Gasteiger partial charge in [0.15, 0.2) is 5.78 Å². The maximum atomic E-state index is 12.1. The van der Waals surface area contributed by atoms with Crippen LogP contribution in [0.25, 0.3) is 22.3 Å². The van der Waals surface area contributed by atoms with Gasteiger partial charge < -0.3 is 4.98 Å². The summed E-state index contributed by atoms with van der Waals surface area (Å²) < 4.78 is 0. The molecule has 1 aromatic heterocycles. The minimum Gasteiger partial charge on any atom is -0.355 e. The van der Waals surface area contributed by atoms with Gasteiger partial charge in [-0.25, -0.2) is 0 Å². The number of hydrogen-bond acceptors (Lipinski definition) is 1. The first kappa shape index (κ1) is 15.6. The molecule has 3 aromatic rings. The molecule has 0 bridgehead atoms. The molecule has 0 fully saturated rings. The Balaban J connectivity index is 2.29. The first-order valence-electron chi connectivity index (χ1n) is 7.54. The third-order valence-electron chi connectivity index (χ3n) is 4.01. The van der Waals surface area contributed by atoms with Crippen molar-refractivity contribution in [2.45, 2.75) is 20.8 Å². The monoisotopic (exact) mass is 323 g/mol. The van der Waals surface area contributed by atoms with E-state index in [0.29, 0.717) is 10.7 Å². The molecule has 0 aliphatic carbocycles. The van der Waals surface area contributed by atoms with Crippen molar-refractivity contribution < 1.29 is 4.79 Å². The molecule has 116 valence electrons. The van der Waals surface area contributed by atoms with E-state index in [2.05, 4.69) is 36.2 Å². The molecule has 2 aromatic carbocycles. The van der Waals surface area contributed by atoms with Gasteiger partial charge in [0.2, 0.25) is 0 Å². The molecule has 0 saturated carbocycles. The number of aryl methyl sites for hydroxylation is 2. The molecule has 0 radical (unpaired) electrons. The fourth-order valence-electron chi connectivity index (χ4n) is 2.88. The standard InChI is InChI=1S/C20H18ClNO/c1-12-4-6-16(7-5-12)19-18(13(2)22-20(19)14(3)23)15-8-10-17(21)11-9-15/h4-11,22H,1-3H3. The Labute approximate surface area is 141 Å². The van der Waals surface area contributed by atoms with Crippen LogP contribution < -0.4 is 0 Å². The number of H-pyrrole nitrogens is 1. The summed E-state index contributed by atoms with van der Waals surface area (Å²) in [5.74, 6) is 0.0314. The van der Waals surface area contributed by atoms with E-state index < -0.39 is 0 Å².